The number of nitriles is 1. The topological polar surface area (TPSA) is 82.0 Å². The number of nitrogens with one attached hydrogen (secondary N) is 2. The van der Waals surface area contributed by atoms with Gasteiger partial charge in [0.1, 0.15) is 5.41 Å². The second kappa shape index (κ2) is 7.63. The summed E-state index contributed by atoms with van der Waals surface area (Å²) in [4.78, 5) is 25.5. The van der Waals surface area contributed by atoms with Crippen LogP contribution in [0.5, 0.6) is 0 Å². The molecule has 0 fully saturated rings. The van der Waals surface area contributed by atoms with Gasteiger partial charge in [-0.2, -0.15) is 5.26 Å². The molecule has 0 atom stereocenters. The predicted molar refractivity (Wildman–Crippen MR) is 107 cm³/mol. The first-order valence-electron chi connectivity index (χ1n) is 8.78. The van der Waals surface area contributed by atoms with Crippen molar-refractivity contribution < 1.29 is 9.59 Å². The van der Waals surface area contributed by atoms with Crippen molar-refractivity contribution in [3.8, 4) is 6.07 Å². The van der Waals surface area contributed by atoms with Crippen LogP contribution in [-0.4, -0.2) is 11.8 Å². The molecule has 5 nitrogen and oxygen atoms in total. The summed E-state index contributed by atoms with van der Waals surface area (Å²) in [6.45, 7) is 9.35. The van der Waals surface area contributed by atoms with Crippen LogP contribution in [0.15, 0.2) is 48.5 Å². The Morgan fingerprint density at radius 1 is 0.889 bits per heavy atom. The molecule has 0 aliphatic carbocycles. The van der Waals surface area contributed by atoms with Crippen molar-refractivity contribution in [1.29, 1.82) is 5.26 Å². The molecule has 0 spiro atoms. The minimum Gasteiger partial charge on any atom is -0.325 e. The molecule has 2 rings (SSSR count). The molecule has 0 saturated carbocycles. The molecule has 0 bridgehead atoms. The molecule has 0 heterocycles. The third kappa shape index (κ3) is 4.73. The van der Waals surface area contributed by atoms with Crippen LogP contribution in [0.3, 0.4) is 0 Å². The Morgan fingerprint density at radius 2 is 1.52 bits per heavy atom. The zero-order valence-electron chi connectivity index (χ0n) is 16.4. The maximum absolute atomic E-state index is 12.8. The Balaban J connectivity index is 2.20. The first-order chi connectivity index (χ1) is 12.6. The van der Waals surface area contributed by atoms with Gasteiger partial charge in [0.15, 0.2) is 0 Å². The molecule has 0 radical (unpaired) electrons. The normalized spacial score (nSPS) is 11.4. The van der Waals surface area contributed by atoms with Gasteiger partial charge in [0.05, 0.1) is 11.6 Å². The average Bonchev–Trinajstić information content (AvgIpc) is 2.61. The van der Waals surface area contributed by atoms with Crippen LogP contribution in [0.2, 0.25) is 0 Å². The van der Waals surface area contributed by atoms with Crippen LogP contribution in [0, 0.1) is 16.7 Å². The van der Waals surface area contributed by atoms with Crippen molar-refractivity contribution in [2.75, 3.05) is 10.6 Å². The molecule has 5 heteroatoms. The Hall–Kier alpha value is -3.13. The van der Waals surface area contributed by atoms with Crippen LogP contribution < -0.4 is 10.6 Å². The number of amides is 2. The van der Waals surface area contributed by atoms with E-state index < -0.39 is 17.2 Å². The first-order valence-corrected chi connectivity index (χ1v) is 8.78. The zero-order valence-corrected chi connectivity index (χ0v) is 16.4. The molecular formula is C22H25N3O2. The number of carbonyl (C=O) groups excluding carboxylic acids is 2. The lowest BCUT2D eigenvalue weighted by Gasteiger charge is -2.26. The highest BCUT2D eigenvalue weighted by molar-refractivity contribution is 6.14. The average molecular weight is 363 g/mol. The molecule has 0 aliphatic heterocycles. The summed E-state index contributed by atoms with van der Waals surface area (Å²) in [6.07, 6.45) is 0. The second-order valence-corrected chi connectivity index (χ2v) is 8.02. The van der Waals surface area contributed by atoms with Gasteiger partial charge in [-0.1, -0.05) is 45.0 Å². The second-order valence-electron chi connectivity index (χ2n) is 8.02. The van der Waals surface area contributed by atoms with Crippen molar-refractivity contribution in [2.24, 2.45) is 5.41 Å². The monoisotopic (exact) mass is 363 g/mol. The zero-order chi connectivity index (χ0) is 20.2. The number of hydrogen-bond donors (Lipinski definition) is 2. The van der Waals surface area contributed by atoms with Gasteiger partial charge in [-0.15, -0.1) is 0 Å². The van der Waals surface area contributed by atoms with Crippen LogP contribution in [0.4, 0.5) is 11.4 Å². The minimum atomic E-state index is -1.30. The van der Waals surface area contributed by atoms with Gasteiger partial charge < -0.3 is 10.6 Å². The van der Waals surface area contributed by atoms with Crippen LogP contribution >= 0.6 is 0 Å². The van der Waals surface area contributed by atoms with E-state index in [1.807, 2.05) is 30.3 Å². The number of para-hydroxylation sites is 1. The quantitative estimate of drug-likeness (QED) is 0.787. The van der Waals surface area contributed by atoms with E-state index in [0.717, 1.165) is 5.56 Å². The highest BCUT2D eigenvalue weighted by atomic mass is 16.2. The van der Waals surface area contributed by atoms with Gasteiger partial charge in [0.25, 0.3) is 0 Å². The van der Waals surface area contributed by atoms with E-state index in [9.17, 15) is 9.59 Å². The van der Waals surface area contributed by atoms with E-state index in [0.29, 0.717) is 16.9 Å². The van der Waals surface area contributed by atoms with E-state index in [-0.39, 0.29) is 5.41 Å². The van der Waals surface area contributed by atoms with E-state index in [1.54, 1.807) is 38.1 Å². The summed E-state index contributed by atoms with van der Waals surface area (Å²) in [7, 11) is 0. The molecule has 27 heavy (non-hydrogen) atoms. The third-order valence-electron chi connectivity index (χ3n) is 4.37. The van der Waals surface area contributed by atoms with Gasteiger partial charge in [-0.25, -0.2) is 0 Å². The number of hydrogen-bond acceptors (Lipinski definition) is 3. The van der Waals surface area contributed by atoms with E-state index in [4.69, 9.17) is 5.26 Å². The fourth-order valence-electron chi connectivity index (χ4n) is 2.58. The number of anilines is 2. The van der Waals surface area contributed by atoms with Gasteiger partial charge >= 0.3 is 0 Å². The summed E-state index contributed by atoms with van der Waals surface area (Å²) in [5.41, 5.74) is 1.17. The minimum absolute atomic E-state index is 0.145. The molecule has 2 aromatic carbocycles. The fourth-order valence-corrected chi connectivity index (χ4v) is 2.58. The smallest absolute Gasteiger partial charge is 0.239 e. The summed E-state index contributed by atoms with van der Waals surface area (Å²) >= 11 is 0. The van der Waals surface area contributed by atoms with Crippen LogP contribution in [-0.2, 0) is 15.0 Å². The van der Waals surface area contributed by atoms with Gasteiger partial charge in [0.2, 0.25) is 11.8 Å². The van der Waals surface area contributed by atoms with Crippen LogP contribution in [0.1, 0.15) is 45.7 Å². The van der Waals surface area contributed by atoms with E-state index in [2.05, 4.69) is 31.4 Å². The first kappa shape index (κ1) is 20.2. The Morgan fingerprint density at radius 3 is 2.15 bits per heavy atom. The summed E-state index contributed by atoms with van der Waals surface area (Å²) in [5.74, 6) is -0.837. The highest BCUT2D eigenvalue weighted by Crippen LogP contribution is 2.31. The number of rotatable bonds is 4. The standard InChI is InChI=1S/C22H25N3O2/c1-21(2,3)17-11-6-7-12-18(17)25-20(27)22(4,5)19(26)24-16-10-8-9-15(13-16)14-23/h6-13H,1-5H3,(H,24,26)(H,25,27). The molecule has 0 unspecified atom stereocenters. The maximum atomic E-state index is 12.8. The molecule has 0 saturated heterocycles. The lowest BCUT2D eigenvalue weighted by atomic mass is 9.85. The van der Waals surface area contributed by atoms with Gasteiger partial charge in [0, 0.05) is 11.4 Å². The summed E-state index contributed by atoms with van der Waals surface area (Å²) < 4.78 is 0. The lowest BCUT2D eigenvalue weighted by Crippen LogP contribution is -2.42. The van der Waals surface area contributed by atoms with Gasteiger partial charge in [-0.3, -0.25) is 9.59 Å². The molecule has 140 valence electrons. The highest BCUT2D eigenvalue weighted by Gasteiger charge is 2.36. The summed E-state index contributed by atoms with van der Waals surface area (Å²) in [6, 6.07) is 16.2. The van der Waals surface area contributed by atoms with Crippen molar-refractivity contribution in [1.82, 2.24) is 0 Å². The summed E-state index contributed by atoms with van der Waals surface area (Å²) in [5, 5.41) is 14.6. The number of carbonyl (C=O) groups is 2. The number of nitrogens with zero attached hydrogens (tertiary/aromatic N) is 1. The molecule has 2 aromatic rings. The lowest BCUT2D eigenvalue weighted by molar-refractivity contribution is -0.135. The van der Waals surface area contributed by atoms with Crippen molar-refractivity contribution in [3.63, 3.8) is 0 Å². The molecule has 0 aromatic heterocycles. The Labute approximate surface area is 160 Å². The van der Waals surface area contributed by atoms with Crippen LogP contribution in [0.25, 0.3) is 0 Å². The predicted octanol–water partition coefficient (Wildman–Crippen LogP) is 4.46. The van der Waals surface area contributed by atoms with E-state index >= 15 is 0 Å². The number of benzene rings is 2. The fraction of sp³-hybridized carbons (Fsp3) is 0.318. The molecular weight excluding hydrogens is 338 g/mol. The Kier molecular flexibility index (Phi) is 5.70. The molecule has 2 amide bonds. The van der Waals surface area contributed by atoms with Crippen molar-refractivity contribution >= 4 is 23.2 Å². The molecule has 0 aliphatic rings. The maximum Gasteiger partial charge on any atom is 0.239 e. The third-order valence-corrected chi connectivity index (χ3v) is 4.37. The largest absolute Gasteiger partial charge is 0.325 e. The Bertz CT molecular complexity index is 902. The van der Waals surface area contributed by atoms with E-state index in [1.165, 1.54) is 0 Å². The van der Waals surface area contributed by atoms with Crippen molar-refractivity contribution in [2.45, 2.75) is 40.0 Å². The molecule has 2 N–H and O–H groups in total. The van der Waals surface area contributed by atoms with Gasteiger partial charge in [-0.05, 0) is 49.1 Å². The SMILES string of the molecule is CC(C)(C(=O)Nc1cccc(C#N)c1)C(=O)Nc1ccccc1C(C)(C)C. The van der Waals surface area contributed by atoms with Crippen molar-refractivity contribution in [3.05, 3.63) is 59.7 Å².